The van der Waals surface area contributed by atoms with E-state index in [2.05, 4.69) is 10.1 Å². The van der Waals surface area contributed by atoms with E-state index in [-0.39, 0.29) is 0 Å². The van der Waals surface area contributed by atoms with Crippen molar-refractivity contribution < 1.29 is 14.4 Å². The van der Waals surface area contributed by atoms with Gasteiger partial charge in [0, 0.05) is 19.2 Å². The number of aryl methyl sites for hydroxylation is 2. The largest absolute Gasteiger partial charge is 0.491 e. The third-order valence-corrected chi connectivity index (χ3v) is 4.19. The standard InChI is InChI=1S/C18H24N2O3/c1-14-5-3-6-17(9-14)22-13-18(21)7-4-8-20(12-18)11-16-10-15(2)23-19-16/h3,5-6,9-10,21H,4,7-8,11-13H2,1-2H3/t18-/m1/s1. The van der Waals surface area contributed by atoms with Crippen LogP contribution in [0.3, 0.4) is 0 Å². The Morgan fingerprint density at radius 1 is 1.35 bits per heavy atom. The van der Waals surface area contributed by atoms with Crippen molar-refractivity contribution in [3.8, 4) is 5.75 Å². The number of benzene rings is 1. The number of β-amino-alcohol motifs (C(OH)–C–C–N with tert-alkyl or cyclic N) is 1. The molecule has 23 heavy (non-hydrogen) atoms. The summed E-state index contributed by atoms with van der Waals surface area (Å²) in [5, 5.41) is 14.9. The number of nitrogens with zero attached hydrogens (tertiary/aromatic N) is 2. The van der Waals surface area contributed by atoms with Crippen LogP contribution in [-0.4, -0.2) is 40.5 Å². The van der Waals surface area contributed by atoms with Gasteiger partial charge in [0.05, 0.1) is 5.69 Å². The van der Waals surface area contributed by atoms with Crippen LogP contribution in [0.15, 0.2) is 34.9 Å². The molecule has 2 aromatic rings. The van der Waals surface area contributed by atoms with Gasteiger partial charge in [-0.3, -0.25) is 4.90 Å². The first-order chi connectivity index (χ1) is 11.0. The summed E-state index contributed by atoms with van der Waals surface area (Å²) in [6, 6.07) is 9.85. The average Bonchev–Trinajstić information content (AvgIpc) is 2.91. The molecule has 0 aliphatic carbocycles. The van der Waals surface area contributed by atoms with Crippen LogP contribution in [0.1, 0.15) is 29.9 Å². The van der Waals surface area contributed by atoms with Crippen molar-refractivity contribution in [1.29, 1.82) is 0 Å². The van der Waals surface area contributed by atoms with Gasteiger partial charge < -0.3 is 14.4 Å². The Hall–Kier alpha value is -1.85. The zero-order valence-electron chi connectivity index (χ0n) is 13.8. The SMILES string of the molecule is Cc1cccc(OC[C@@]2(O)CCCN(Cc3cc(C)on3)C2)c1. The van der Waals surface area contributed by atoms with Crippen LogP contribution in [0.4, 0.5) is 0 Å². The number of rotatable bonds is 5. The maximum absolute atomic E-state index is 10.8. The number of aliphatic hydroxyl groups is 1. The van der Waals surface area contributed by atoms with E-state index in [0.717, 1.165) is 42.2 Å². The molecule has 1 fully saturated rings. The van der Waals surface area contributed by atoms with E-state index in [9.17, 15) is 5.11 Å². The quantitative estimate of drug-likeness (QED) is 0.919. The van der Waals surface area contributed by atoms with Crippen molar-refractivity contribution in [3.63, 3.8) is 0 Å². The summed E-state index contributed by atoms with van der Waals surface area (Å²) < 4.78 is 10.9. The summed E-state index contributed by atoms with van der Waals surface area (Å²) in [5.74, 6) is 1.62. The molecule has 0 unspecified atom stereocenters. The minimum atomic E-state index is -0.819. The van der Waals surface area contributed by atoms with Crippen LogP contribution in [0, 0.1) is 13.8 Å². The van der Waals surface area contributed by atoms with E-state index in [1.165, 1.54) is 0 Å². The van der Waals surface area contributed by atoms with Gasteiger partial charge in [0.2, 0.25) is 0 Å². The minimum Gasteiger partial charge on any atom is -0.491 e. The van der Waals surface area contributed by atoms with Crippen LogP contribution in [0.2, 0.25) is 0 Å². The second kappa shape index (κ2) is 6.72. The summed E-state index contributed by atoms with van der Waals surface area (Å²) in [5.41, 5.74) is 1.24. The lowest BCUT2D eigenvalue weighted by molar-refractivity contribution is -0.0624. The van der Waals surface area contributed by atoms with Gasteiger partial charge in [-0.15, -0.1) is 0 Å². The van der Waals surface area contributed by atoms with Gasteiger partial charge in [-0.05, 0) is 50.9 Å². The van der Waals surface area contributed by atoms with Crippen molar-refractivity contribution in [3.05, 3.63) is 47.3 Å². The molecule has 0 bridgehead atoms. The molecule has 1 atom stereocenters. The Bertz CT molecular complexity index is 655. The van der Waals surface area contributed by atoms with E-state index in [1.54, 1.807) is 0 Å². The first kappa shape index (κ1) is 16.0. The molecule has 1 aromatic heterocycles. The van der Waals surface area contributed by atoms with Crippen molar-refractivity contribution >= 4 is 0 Å². The van der Waals surface area contributed by atoms with Crippen LogP contribution in [-0.2, 0) is 6.54 Å². The van der Waals surface area contributed by atoms with Gasteiger partial charge in [0.1, 0.15) is 23.7 Å². The monoisotopic (exact) mass is 316 g/mol. The fourth-order valence-corrected chi connectivity index (χ4v) is 3.10. The summed E-state index contributed by atoms with van der Waals surface area (Å²) in [4.78, 5) is 2.21. The molecule has 5 nitrogen and oxygen atoms in total. The lowest BCUT2D eigenvalue weighted by atomic mass is 9.93. The van der Waals surface area contributed by atoms with Crippen LogP contribution >= 0.6 is 0 Å². The molecule has 1 aromatic carbocycles. The summed E-state index contributed by atoms with van der Waals surface area (Å²) in [7, 11) is 0. The van der Waals surface area contributed by atoms with Gasteiger partial charge in [0.25, 0.3) is 0 Å². The van der Waals surface area contributed by atoms with Gasteiger partial charge in [-0.1, -0.05) is 17.3 Å². The maximum atomic E-state index is 10.8. The van der Waals surface area contributed by atoms with Gasteiger partial charge in [0.15, 0.2) is 0 Å². The molecule has 0 spiro atoms. The van der Waals surface area contributed by atoms with E-state index < -0.39 is 5.60 Å². The zero-order valence-corrected chi connectivity index (χ0v) is 13.8. The molecule has 1 N–H and O–H groups in total. The Balaban J connectivity index is 1.57. The fourth-order valence-electron chi connectivity index (χ4n) is 3.10. The Kier molecular flexibility index (Phi) is 4.68. The van der Waals surface area contributed by atoms with E-state index >= 15 is 0 Å². The van der Waals surface area contributed by atoms with Crippen LogP contribution in [0.5, 0.6) is 5.75 Å². The lowest BCUT2D eigenvalue weighted by Gasteiger charge is -2.38. The predicted molar refractivity (Wildman–Crippen MR) is 87.4 cm³/mol. The number of piperidine rings is 1. The molecule has 0 saturated carbocycles. The van der Waals surface area contributed by atoms with E-state index in [4.69, 9.17) is 9.26 Å². The number of hydrogen-bond acceptors (Lipinski definition) is 5. The fraction of sp³-hybridized carbons (Fsp3) is 0.500. The highest BCUT2D eigenvalue weighted by atomic mass is 16.5. The molecular formula is C18H24N2O3. The first-order valence-electron chi connectivity index (χ1n) is 8.09. The molecule has 1 aliphatic rings. The minimum absolute atomic E-state index is 0.310. The smallest absolute Gasteiger partial charge is 0.133 e. The molecule has 5 heteroatoms. The highest BCUT2D eigenvalue weighted by Crippen LogP contribution is 2.24. The van der Waals surface area contributed by atoms with Gasteiger partial charge in [-0.2, -0.15) is 0 Å². The van der Waals surface area contributed by atoms with Crippen molar-refractivity contribution in [2.24, 2.45) is 0 Å². The number of aromatic nitrogens is 1. The predicted octanol–water partition coefficient (Wildman–Crippen LogP) is 2.70. The molecule has 1 aliphatic heterocycles. The number of likely N-dealkylation sites (tertiary alicyclic amines) is 1. The molecule has 3 rings (SSSR count). The average molecular weight is 316 g/mol. The summed E-state index contributed by atoms with van der Waals surface area (Å²) >= 11 is 0. The number of hydrogen-bond donors (Lipinski definition) is 1. The van der Waals surface area contributed by atoms with E-state index in [0.29, 0.717) is 19.7 Å². The second-order valence-electron chi connectivity index (χ2n) is 6.57. The first-order valence-corrected chi connectivity index (χ1v) is 8.09. The summed E-state index contributed by atoms with van der Waals surface area (Å²) in [6.45, 7) is 6.47. The highest BCUT2D eigenvalue weighted by molar-refractivity contribution is 5.27. The Morgan fingerprint density at radius 3 is 2.96 bits per heavy atom. The normalized spacial score (nSPS) is 22.2. The lowest BCUT2D eigenvalue weighted by Crippen LogP contribution is -2.51. The zero-order chi connectivity index (χ0) is 16.3. The Morgan fingerprint density at radius 2 is 2.22 bits per heavy atom. The third-order valence-electron chi connectivity index (χ3n) is 4.19. The van der Waals surface area contributed by atoms with Crippen LogP contribution < -0.4 is 4.74 Å². The van der Waals surface area contributed by atoms with Crippen molar-refractivity contribution in [2.75, 3.05) is 19.7 Å². The molecule has 2 heterocycles. The van der Waals surface area contributed by atoms with Crippen molar-refractivity contribution in [1.82, 2.24) is 10.1 Å². The maximum Gasteiger partial charge on any atom is 0.133 e. The van der Waals surface area contributed by atoms with Crippen LogP contribution in [0.25, 0.3) is 0 Å². The third kappa shape index (κ3) is 4.33. The summed E-state index contributed by atoms with van der Waals surface area (Å²) in [6.07, 6.45) is 1.71. The molecule has 0 amide bonds. The van der Waals surface area contributed by atoms with Crippen molar-refractivity contribution in [2.45, 2.75) is 38.8 Å². The number of ether oxygens (including phenoxy) is 1. The van der Waals surface area contributed by atoms with E-state index in [1.807, 2.05) is 44.2 Å². The van der Waals surface area contributed by atoms with Gasteiger partial charge in [-0.25, -0.2) is 0 Å². The Labute approximate surface area is 136 Å². The second-order valence-corrected chi connectivity index (χ2v) is 6.57. The molecular weight excluding hydrogens is 292 g/mol. The molecule has 0 radical (unpaired) electrons. The molecule has 124 valence electrons. The molecule has 1 saturated heterocycles. The highest BCUT2D eigenvalue weighted by Gasteiger charge is 2.34. The van der Waals surface area contributed by atoms with Gasteiger partial charge >= 0.3 is 0 Å². The topological polar surface area (TPSA) is 58.7 Å².